The van der Waals surface area contributed by atoms with Gasteiger partial charge in [-0.3, -0.25) is 4.79 Å². The number of nitrogens with one attached hydrogen (secondary N) is 1. The molecular formula is C13H27ClN2O. The highest BCUT2D eigenvalue weighted by atomic mass is 35.5. The number of carbonyl (C=O) groups is 1. The Morgan fingerprint density at radius 3 is 2.71 bits per heavy atom. The molecule has 1 aliphatic carbocycles. The Hall–Kier alpha value is -0.280. The largest absolute Gasteiger partial charge is 0.344 e. The van der Waals surface area contributed by atoms with Crippen molar-refractivity contribution in [2.75, 3.05) is 27.2 Å². The molecule has 1 N–H and O–H groups in total. The number of amides is 1. The van der Waals surface area contributed by atoms with E-state index < -0.39 is 0 Å². The molecule has 3 nitrogen and oxygen atoms in total. The minimum atomic E-state index is 0. The van der Waals surface area contributed by atoms with Gasteiger partial charge in [0.05, 0.1) is 0 Å². The zero-order chi connectivity index (χ0) is 12.0. The number of hydrogen-bond donors (Lipinski definition) is 1. The summed E-state index contributed by atoms with van der Waals surface area (Å²) in [6.45, 7) is 4.00. The van der Waals surface area contributed by atoms with Crippen LogP contribution in [-0.2, 0) is 4.79 Å². The molecule has 0 bridgehead atoms. The summed E-state index contributed by atoms with van der Waals surface area (Å²) in [5.41, 5.74) is 0. The first-order chi connectivity index (χ1) is 7.63. The lowest BCUT2D eigenvalue weighted by Crippen LogP contribution is -2.34. The Morgan fingerprint density at radius 1 is 1.41 bits per heavy atom. The van der Waals surface area contributed by atoms with Crippen LogP contribution in [0.3, 0.4) is 0 Å². The summed E-state index contributed by atoms with van der Waals surface area (Å²) in [5.74, 6) is 1.76. The minimum absolute atomic E-state index is 0. The van der Waals surface area contributed by atoms with Gasteiger partial charge in [-0.2, -0.15) is 0 Å². The third kappa shape index (κ3) is 6.27. The molecule has 0 saturated heterocycles. The second kappa shape index (κ2) is 8.76. The van der Waals surface area contributed by atoms with Crippen molar-refractivity contribution in [2.24, 2.45) is 11.8 Å². The fourth-order valence-electron chi connectivity index (χ4n) is 2.55. The summed E-state index contributed by atoms with van der Waals surface area (Å²) < 4.78 is 0. The molecule has 1 rings (SSSR count). The van der Waals surface area contributed by atoms with E-state index in [0.29, 0.717) is 11.8 Å². The second-order valence-corrected chi connectivity index (χ2v) is 5.26. The topological polar surface area (TPSA) is 32.3 Å². The molecule has 102 valence electrons. The quantitative estimate of drug-likeness (QED) is 0.825. The highest BCUT2D eigenvalue weighted by Crippen LogP contribution is 2.30. The molecule has 2 atom stereocenters. The maximum atomic E-state index is 11.9. The lowest BCUT2D eigenvalue weighted by atomic mass is 9.80. The number of halogens is 1. The van der Waals surface area contributed by atoms with Gasteiger partial charge in [0, 0.05) is 26.6 Å². The van der Waals surface area contributed by atoms with Crippen molar-refractivity contribution < 1.29 is 4.79 Å². The lowest BCUT2D eigenvalue weighted by Gasteiger charge is -2.27. The van der Waals surface area contributed by atoms with Crippen molar-refractivity contribution in [3.05, 3.63) is 0 Å². The van der Waals surface area contributed by atoms with Gasteiger partial charge in [0.1, 0.15) is 0 Å². The van der Waals surface area contributed by atoms with E-state index in [-0.39, 0.29) is 12.4 Å². The SMILES string of the molecule is CNCCN(C)C(=O)CC1CCCC(C)C1.Cl. The van der Waals surface area contributed by atoms with Gasteiger partial charge in [-0.25, -0.2) is 0 Å². The van der Waals surface area contributed by atoms with Gasteiger partial charge in [0.25, 0.3) is 0 Å². The van der Waals surface area contributed by atoms with Gasteiger partial charge >= 0.3 is 0 Å². The van der Waals surface area contributed by atoms with Crippen molar-refractivity contribution in [1.82, 2.24) is 10.2 Å². The van der Waals surface area contributed by atoms with Crippen LogP contribution in [0, 0.1) is 11.8 Å². The number of carbonyl (C=O) groups excluding carboxylic acids is 1. The summed E-state index contributed by atoms with van der Waals surface area (Å²) in [5, 5.41) is 3.07. The van der Waals surface area contributed by atoms with Gasteiger partial charge in [-0.05, 0) is 31.7 Å². The van der Waals surface area contributed by atoms with Gasteiger partial charge in [-0.1, -0.05) is 19.8 Å². The number of hydrogen-bond acceptors (Lipinski definition) is 2. The fraction of sp³-hybridized carbons (Fsp3) is 0.923. The Balaban J connectivity index is 0.00000256. The van der Waals surface area contributed by atoms with Crippen LogP contribution < -0.4 is 5.32 Å². The summed E-state index contributed by atoms with van der Waals surface area (Å²) in [4.78, 5) is 13.8. The smallest absolute Gasteiger partial charge is 0.222 e. The third-order valence-electron chi connectivity index (χ3n) is 3.63. The van der Waals surface area contributed by atoms with Crippen LogP contribution in [0.1, 0.15) is 39.0 Å². The van der Waals surface area contributed by atoms with E-state index >= 15 is 0 Å². The zero-order valence-corrected chi connectivity index (χ0v) is 12.2. The van der Waals surface area contributed by atoms with Crippen molar-refractivity contribution in [2.45, 2.75) is 39.0 Å². The first-order valence-corrected chi connectivity index (χ1v) is 6.52. The first-order valence-electron chi connectivity index (χ1n) is 6.52. The molecule has 0 spiro atoms. The molecule has 0 aromatic rings. The van der Waals surface area contributed by atoms with E-state index in [4.69, 9.17) is 0 Å². The summed E-state index contributed by atoms with van der Waals surface area (Å²) in [7, 11) is 3.83. The van der Waals surface area contributed by atoms with E-state index in [1.165, 1.54) is 25.7 Å². The summed E-state index contributed by atoms with van der Waals surface area (Å²) >= 11 is 0. The predicted molar refractivity (Wildman–Crippen MR) is 74.6 cm³/mol. The van der Waals surface area contributed by atoms with Gasteiger partial charge < -0.3 is 10.2 Å². The van der Waals surface area contributed by atoms with E-state index in [1.54, 1.807) is 0 Å². The Bertz CT molecular complexity index is 223. The zero-order valence-electron chi connectivity index (χ0n) is 11.4. The molecule has 1 saturated carbocycles. The van der Waals surface area contributed by atoms with E-state index in [0.717, 1.165) is 25.4 Å². The van der Waals surface area contributed by atoms with Gasteiger partial charge in [-0.15, -0.1) is 12.4 Å². The summed E-state index contributed by atoms with van der Waals surface area (Å²) in [6, 6.07) is 0. The standard InChI is InChI=1S/C13H26N2O.ClH/c1-11-5-4-6-12(9-11)10-13(16)15(3)8-7-14-2;/h11-12,14H,4-10H2,1-3H3;1H. The third-order valence-corrected chi connectivity index (χ3v) is 3.63. The molecule has 0 radical (unpaired) electrons. The molecular weight excluding hydrogens is 236 g/mol. The van der Waals surface area contributed by atoms with Gasteiger partial charge in [0.2, 0.25) is 5.91 Å². The normalized spacial score (nSPS) is 23.9. The molecule has 0 heterocycles. The van der Waals surface area contributed by atoms with Crippen LogP contribution >= 0.6 is 12.4 Å². The molecule has 1 amide bonds. The predicted octanol–water partition coefficient (Wildman–Crippen LogP) is 2.30. The van der Waals surface area contributed by atoms with E-state index in [1.807, 2.05) is 19.0 Å². The van der Waals surface area contributed by atoms with Crippen molar-refractivity contribution in [3.63, 3.8) is 0 Å². The molecule has 0 aromatic heterocycles. The Morgan fingerprint density at radius 2 is 2.12 bits per heavy atom. The van der Waals surface area contributed by atoms with Crippen LogP contribution in [0.25, 0.3) is 0 Å². The molecule has 2 unspecified atom stereocenters. The van der Waals surface area contributed by atoms with E-state index in [2.05, 4.69) is 12.2 Å². The molecule has 1 aliphatic rings. The van der Waals surface area contributed by atoms with Crippen LogP contribution in [-0.4, -0.2) is 38.0 Å². The van der Waals surface area contributed by atoms with Crippen molar-refractivity contribution in [1.29, 1.82) is 0 Å². The lowest BCUT2D eigenvalue weighted by molar-refractivity contribution is -0.131. The van der Waals surface area contributed by atoms with E-state index in [9.17, 15) is 4.79 Å². The second-order valence-electron chi connectivity index (χ2n) is 5.26. The van der Waals surface area contributed by atoms with Gasteiger partial charge in [0.15, 0.2) is 0 Å². The highest BCUT2D eigenvalue weighted by Gasteiger charge is 2.22. The highest BCUT2D eigenvalue weighted by molar-refractivity contribution is 5.85. The summed E-state index contributed by atoms with van der Waals surface area (Å²) in [6.07, 6.45) is 5.89. The first kappa shape index (κ1) is 16.7. The minimum Gasteiger partial charge on any atom is -0.344 e. The maximum absolute atomic E-state index is 11.9. The van der Waals surface area contributed by atoms with Crippen molar-refractivity contribution >= 4 is 18.3 Å². The van der Waals surface area contributed by atoms with Crippen LogP contribution in [0.4, 0.5) is 0 Å². The number of rotatable bonds is 5. The van der Waals surface area contributed by atoms with Crippen LogP contribution in [0.15, 0.2) is 0 Å². The molecule has 0 aliphatic heterocycles. The maximum Gasteiger partial charge on any atom is 0.222 e. The van der Waals surface area contributed by atoms with Crippen LogP contribution in [0.2, 0.25) is 0 Å². The Labute approximate surface area is 112 Å². The Kier molecular flexibility index (Phi) is 8.61. The molecule has 17 heavy (non-hydrogen) atoms. The number of likely N-dealkylation sites (N-methyl/N-ethyl adjacent to an activating group) is 2. The average molecular weight is 263 g/mol. The average Bonchev–Trinajstić information content (AvgIpc) is 2.25. The molecule has 1 fully saturated rings. The molecule has 4 heteroatoms. The van der Waals surface area contributed by atoms with Crippen molar-refractivity contribution in [3.8, 4) is 0 Å². The molecule has 0 aromatic carbocycles. The van der Waals surface area contributed by atoms with Crippen LogP contribution in [0.5, 0.6) is 0 Å². The fourth-order valence-corrected chi connectivity index (χ4v) is 2.55. The monoisotopic (exact) mass is 262 g/mol. The number of nitrogens with zero attached hydrogens (tertiary/aromatic N) is 1.